The number of nitrogens with zero attached hydrogens (tertiary/aromatic N) is 4. The van der Waals surface area contributed by atoms with Gasteiger partial charge in [0, 0.05) is 48.3 Å². The molecule has 0 spiro atoms. The lowest BCUT2D eigenvalue weighted by atomic mass is 9.90. The summed E-state index contributed by atoms with van der Waals surface area (Å²) in [4.78, 5) is 26.8. The van der Waals surface area contributed by atoms with Crippen LogP contribution in [0, 0.1) is 11.6 Å². The number of fused-ring (bicyclic) bond motifs is 2. The lowest BCUT2D eigenvalue weighted by Crippen LogP contribution is -2.24. The van der Waals surface area contributed by atoms with Crippen molar-refractivity contribution in [2.75, 3.05) is 6.61 Å². The molecule has 1 aromatic carbocycles. The normalized spacial score (nSPS) is 19.7. The van der Waals surface area contributed by atoms with Gasteiger partial charge in [0.05, 0.1) is 41.3 Å². The fourth-order valence-electron chi connectivity index (χ4n) is 4.72. The Morgan fingerprint density at radius 2 is 2.00 bits per heavy atom. The van der Waals surface area contributed by atoms with Crippen LogP contribution in [0.4, 0.5) is 8.78 Å². The minimum absolute atomic E-state index is 0.0687. The van der Waals surface area contributed by atoms with Crippen molar-refractivity contribution in [2.45, 2.75) is 38.1 Å². The first-order chi connectivity index (χ1) is 17.0. The Kier molecular flexibility index (Phi) is 5.55. The van der Waals surface area contributed by atoms with Gasteiger partial charge < -0.3 is 9.47 Å². The second kappa shape index (κ2) is 8.75. The van der Waals surface area contributed by atoms with Crippen LogP contribution >= 0.6 is 11.6 Å². The van der Waals surface area contributed by atoms with Gasteiger partial charge in [-0.3, -0.25) is 14.2 Å². The average molecular weight is 497 g/mol. The number of rotatable bonds is 3. The predicted molar refractivity (Wildman–Crippen MR) is 123 cm³/mol. The van der Waals surface area contributed by atoms with Gasteiger partial charge >= 0.3 is 0 Å². The number of halogens is 3. The quantitative estimate of drug-likeness (QED) is 0.407. The Morgan fingerprint density at radius 1 is 1.11 bits per heavy atom. The van der Waals surface area contributed by atoms with E-state index in [0.717, 1.165) is 17.7 Å². The third-order valence-electron chi connectivity index (χ3n) is 6.48. The van der Waals surface area contributed by atoms with Crippen LogP contribution in [0.2, 0.25) is 5.02 Å². The summed E-state index contributed by atoms with van der Waals surface area (Å²) in [6, 6.07) is 5.09. The molecule has 3 aromatic heterocycles. The second-order valence-corrected chi connectivity index (χ2v) is 9.12. The van der Waals surface area contributed by atoms with Gasteiger partial charge in [0.2, 0.25) is 0 Å². The maximum Gasteiger partial charge on any atom is 0.263 e. The Labute approximate surface area is 203 Å². The number of aromatic nitrogens is 4. The summed E-state index contributed by atoms with van der Waals surface area (Å²) in [5.41, 5.74) is 2.60. The van der Waals surface area contributed by atoms with Gasteiger partial charge in [0.25, 0.3) is 5.56 Å². The van der Waals surface area contributed by atoms with E-state index in [1.54, 1.807) is 18.6 Å². The molecule has 2 aliphatic heterocycles. The molecule has 0 unspecified atom stereocenters. The first-order valence-corrected chi connectivity index (χ1v) is 11.6. The molecule has 1 fully saturated rings. The zero-order valence-corrected chi connectivity index (χ0v) is 19.1. The molecular weight excluding hydrogens is 478 g/mol. The van der Waals surface area contributed by atoms with E-state index in [1.807, 2.05) is 6.07 Å². The van der Waals surface area contributed by atoms with E-state index in [4.69, 9.17) is 26.1 Å². The van der Waals surface area contributed by atoms with Crippen molar-refractivity contribution in [1.29, 1.82) is 0 Å². The molecule has 178 valence electrons. The summed E-state index contributed by atoms with van der Waals surface area (Å²) in [7, 11) is 0. The van der Waals surface area contributed by atoms with Crippen molar-refractivity contribution in [1.82, 2.24) is 19.4 Å². The standard InChI is InChI=1S/C25H19ClF2N4O3/c26-15-5-14(8-29-9-15)22-6-13(3-4-35-22)20-10-32-24(31-21-12-34-11-18(21)25(32)33)23(30-20)17-2-1-16(27)7-19(17)28/h1-2,5,7-10,13,22H,3-4,6,11-12H2/t13-,22+/m1/s1. The molecule has 7 nitrogen and oxygen atoms in total. The van der Waals surface area contributed by atoms with Crippen LogP contribution in [-0.2, 0) is 22.7 Å². The number of ether oxygens (including phenoxy) is 2. The molecule has 35 heavy (non-hydrogen) atoms. The largest absolute Gasteiger partial charge is 0.373 e. The van der Waals surface area contributed by atoms with Crippen molar-refractivity contribution < 1.29 is 18.3 Å². The number of pyridine rings is 1. The molecular formula is C25H19ClF2N4O3. The van der Waals surface area contributed by atoms with E-state index in [9.17, 15) is 13.6 Å². The summed E-state index contributed by atoms with van der Waals surface area (Å²) in [6.45, 7) is 0.833. The van der Waals surface area contributed by atoms with Crippen molar-refractivity contribution in [2.24, 2.45) is 0 Å². The molecule has 0 N–H and O–H groups in total. The third kappa shape index (κ3) is 3.99. The van der Waals surface area contributed by atoms with Crippen molar-refractivity contribution >= 4 is 17.2 Å². The first-order valence-electron chi connectivity index (χ1n) is 11.2. The smallest absolute Gasteiger partial charge is 0.263 e. The number of hydrogen-bond acceptors (Lipinski definition) is 6. The Morgan fingerprint density at radius 3 is 2.83 bits per heavy atom. The van der Waals surface area contributed by atoms with Gasteiger partial charge in [-0.15, -0.1) is 0 Å². The maximum absolute atomic E-state index is 14.9. The zero-order valence-electron chi connectivity index (χ0n) is 18.4. The highest BCUT2D eigenvalue weighted by Crippen LogP contribution is 2.38. The Hall–Kier alpha value is -3.27. The van der Waals surface area contributed by atoms with E-state index < -0.39 is 11.6 Å². The van der Waals surface area contributed by atoms with Gasteiger partial charge in [-0.2, -0.15) is 0 Å². The van der Waals surface area contributed by atoms with Gasteiger partial charge in [0.15, 0.2) is 5.65 Å². The van der Waals surface area contributed by atoms with Crippen LogP contribution in [0.3, 0.4) is 0 Å². The monoisotopic (exact) mass is 496 g/mol. The lowest BCUT2D eigenvalue weighted by molar-refractivity contribution is 0.00441. The molecule has 10 heteroatoms. The molecule has 4 aromatic rings. The summed E-state index contributed by atoms with van der Waals surface area (Å²) < 4.78 is 41.3. The molecule has 0 amide bonds. The topological polar surface area (TPSA) is 78.6 Å². The third-order valence-corrected chi connectivity index (χ3v) is 6.69. The summed E-state index contributed by atoms with van der Waals surface area (Å²) in [6.07, 6.45) is 5.90. The minimum atomic E-state index is -0.780. The molecule has 2 aliphatic rings. The summed E-state index contributed by atoms with van der Waals surface area (Å²) >= 11 is 6.11. The van der Waals surface area contributed by atoms with Crippen molar-refractivity contribution in [3.8, 4) is 11.3 Å². The fourth-order valence-corrected chi connectivity index (χ4v) is 4.90. The molecule has 5 heterocycles. The van der Waals surface area contributed by atoms with Crippen molar-refractivity contribution in [3.05, 3.63) is 92.4 Å². The fraction of sp³-hybridized carbons (Fsp3) is 0.280. The van der Waals surface area contributed by atoms with E-state index in [2.05, 4.69) is 9.97 Å². The second-order valence-electron chi connectivity index (χ2n) is 8.68. The van der Waals surface area contributed by atoms with Crippen LogP contribution in [0.25, 0.3) is 16.9 Å². The molecule has 1 saturated heterocycles. The molecule has 6 rings (SSSR count). The van der Waals surface area contributed by atoms with Gasteiger partial charge in [0.1, 0.15) is 17.3 Å². The highest BCUT2D eigenvalue weighted by molar-refractivity contribution is 6.30. The predicted octanol–water partition coefficient (Wildman–Crippen LogP) is 4.75. The SMILES string of the molecule is O=c1c2c(nc3c(-c4ccc(F)cc4F)nc([C@@H]4CCO[C@H](c5cncc(Cl)c5)C4)cn13)COC2. The average Bonchev–Trinajstić information content (AvgIpc) is 3.33. The van der Waals surface area contributed by atoms with Crippen LogP contribution < -0.4 is 5.56 Å². The van der Waals surface area contributed by atoms with Crippen LogP contribution in [0.5, 0.6) is 0 Å². The molecule has 0 aliphatic carbocycles. The first kappa shape index (κ1) is 22.2. The molecule has 0 radical (unpaired) electrons. The highest BCUT2D eigenvalue weighted by Gasteiger charge is 2.29. The number of benzene rings is 1. The molecule has 0 saturated carbocycles. The summed E-state index contributed by atoms with van der Waals surface area (Å²) in [5, 5.41) is 0.514. The summed E-state index contributed by atoms with van der Waals surface area (Å²) in [5.74, 6) is -1.57. The van der Waals surface area contributed by atoms with E-state index in [0.29, 0.717) is 41.4 Å². The van der Waals surface area contributed by atoms with Gasteiger partial charge in [-0.25, -0.2) is 18.7 Å². The highest BCUT2D eigenvalue weighted by atomic mass is 35.5. The Balaban J connectivity index is 1.51. The maximum atomic E-state index is 14.9. The van der Waals surface area contributed by atoms with Gasteiger partial charge in [-0.05, 0) is 31.0 Å². The van der Waals surface area contributed by atoms with Gasteiger partial charge in [-0.1, -0.05) is 11.6 Å². The van der Waals surface area contributed by atoms with E-state index in [1.165, 1.54) is 10.5 Å². The van der Waals surface area contributed by atoms with Crippen LogP contribution in [0.15, 0.2) is 47.7 Å². The Bertz CT molecular complexity index is 1530. The molecule has 2 atom stereocenters. The van der Waals surface area contributed by atoms with Crippen LogP contribution in [-0.4, -0.2) is 26.0 Å². The lowest BCUT2D eigenvalue weighted by Gasteiger charge is -2.30. The zero-order chi connectivity index (χ0) is 24.1. The van der Waals surface area contributed by atoms with E-state index in [-0.39, 0.29) is 47.7 Å². The van der Waals surface area contributed by atoms with Crippen LogP contribution in [0.1, 0.15) is 47.4 Å². The minimum Gasteiger partial charge on any atom is -0.373 e. The van der Waals surface area contributed by atoms with E-state index >= 15 is 0 Å². The number of hydrogen-bond donors (Lipinski definition) is 0. The molecule has 0 bridgehead atoms. The van der Waals surface area contributed by atoms with Crippen molar-refractivity contribution in [3.63, 3.8) is 0 Å².